The molecule has 1 amide bonds. The molecule has 1 unspecified atom stereocenters. The average molecular weight is 275 g/mol. The molecule has 3 aliphatic heterocycles. The standard InChI is InChI=1S/C14H21N5O/c1-9(6-18-8-16-7-17-18)14(20)19-12-2-3-13(19)11-5-15-4-10(11)12/h7-13,15H,2-6H2,1H3/t9?,10-,11+,12-,13+. The van der Waals surface area contributed by atoms with Crippen LogP contribution in [0.4, 0.5) is 0 Å². The summed E-state index contributed by atoms with van der Waals surface area (Å²) in [6, 6.07) is 0.955. The molecule has 0 aliphatic carbocycles. The maximum absolute atomic E-state index is 12.8. The number of hydrogen-bond acceptors (Lipinski definition) is 4. The van der Waals surface area contributed by atoms with E-state index in [0.717, 1.165) is 13.1 Å². The Morgan fingerprint density at radius 2 is 2.05 bits per heavy atom. The van der Waals surface area contributed by atoms with E-state index >= 15 is 0 Å². The fourth-order valence-electron chi connectivity index (χ4n) is 4.54. The molecule has 6 nitrogen and oxygen atoms in total. The molecule has 1 aromatic rings. The van der Waals surface area contributed by atoms with Crippen LogP contribution in [0.1, 0.15) is 19.8 Å². The predicted molar refractivity (Wildman–Crippen MR) is 72.7 cm³/mol. The highest BCUT2D eigenvalue weighted by atomic mass is 16.2. The molecule has 1 N–H and O–H groups in total. The number of carbonyl (C=O) groups is 1. The van der Waals surface area contributed by atoms with Crippen LogP contribution >= 0.6 is 0 Å². The highest BCUT2D eigenvalue weighted by molar-refractivity contribution is 5.80. The summed E-state index contributed by atoms with van der Waals surface area (Å²) in [4.78, 5) is 19.0. The number of amides is 1. The summed E-state index contributed by atoms with van der Waals surface area (Å²) in [5, 5.41) is 7.59. The van der Waals surface area contributed by atoms with Crippen molar-refractivity contribution in [2.75, 3.05) is 13.1 Å². The fraction of sp³-hybridized carbons (Fsp3) is 0.786. The lowest BCUT2D eigenvalue weighted by atomic mass is 9.82. The van der Waals surface area contributed by atoms with E-state index in [9.17, 15) is 4.79 Å². The third kappa shape index (κ3) is 1.70. The lowest BCUT2D eigenvalue weighted by Gasteiger charge is -2.27. The first-order valence-electron chi connectivity index (χ1n) is 7.61. The summed E-state index contributed by atoms with van der Waals surface area (Å²) in [7, 11) is 0. The van der Waals surface area contributed by atoms with Crippen molar-refractivity contribution in [2.24, 2.45) is 17.8 Å². The number of rotatable bonds is 3. The zero-order valence-corrected chi connectivity index (χ0v) is 11.8. The van der Waals surface area contributed by atoms with Gasteiger partial charge in [0.1, 0.15) is 12.7 Å². The largest absolute Gasteiger partial charge is 0.336 e. The Balaban J connectivity index is 1.49. The van der Waals surface area contributed by atoms with Gasteiger partial charge in [-0.25, -0.2) is 4.98 Å². The van der Waals surface area contributed by atoms with Crippen molar-refractivity contribution in [3.63, 3.8) is 0 Å². The molecule has 3 aliphatic rings. The summed E-state index contributed by atoms with van der Waals surface area (Å²) in [5.74, 6) is 1.67. The SMILES string of the molecule is CC(Cn1cncn1)C(=O)N1[C@@H]2CC[C@H]1[C@H]1CNC[C@H]12. The van der Waals surface area contributed by atoms with Gasteiger partial charge in [0, 0.05) is 25.2 Å². The molecule has 0 spiro atoms. The lowest BCUT2D eigenvalue weighted by molar-refractivity contribution is -0.137. The highest BCUT2D eigenvalue weighted by Crippen LogP contribution is 2.47. The van der Waals surface area contributed by atoms with Gasteiger partial charge in [0.25, 0.3) is 0 Å². The van der Waals surface area contributed by atoms with Gasteiger partial charge in [0.15, 0.2) is 0 Å². The van der Waals surface area contributed by atoms with E-state index in [4.69, 9.17) is 0 Å². The molecule has 108 valence electrons. The van der Waals surface area contributed by atoms with Crippen molar-refractivity contribution in [2.45, 2.75) is 38.4 Å². The molecule has 3 saturated heterocycles. The van der Waals surface area contributed by atoms with Crippen molar-refractivity contribution in [3.05, 3.63) is 12.7 Å². The molecule has 5 atom stereocenters. The molecule has 6 heteroatoms. The summed E-state index contributed by atoms with van der Waals surface area (Å²) in [5.41, 5.74) is 0. The van der Waals surface area contributed by atoms with Crippen LogP contribution in [0.2, 0.25) is 0 Å². The van der Waals surface area contributed by atoms with Crippen LogP contribution in [0.15, 0.2) is 12.7 Å². The Kier molecular flexibility index (Phi) is 2.80. The van der Waals surface area contributed by atoms with Crippen molar-refractivity contribution < 1.29 is 4.79 Å². The minimum absolute atomic E-state index is 0.0217. The molecule has 2 bridgehead atoms. The third-order valence-electron chi connectivity index (χ3n) is 5.37. The first-order valence-corrected chi connectivity index (χ1v) is 7.61. The Hall–Kier alpha value is -1.43. The minimum Gasteiger partial charge on any atom is -0.336 e. The van der Waals surface area contributed by atoms with Gasteiger partial charge < -0.3 is 10.2 Å². The Morgan fingerprint density at radius 1 is 1.35 bits per heavy atom. The van der Waals surface area contributed by atoms with Gasteiger partial charge in [-0.15, -0.1) is 0 Å². The summed E-state index contributed by atoms with van der Waals surface area (Å²) in [6.45, 7) is 4.82. The molecule has 0 radical (unpaired) electrons. The number of hydrogen-bond donors (Lipinski definition) is 1. The van der Waals surface area contributed by atoms with Crippen molar-refractivity contribution >= 4 is 5.91 Å². The van der Waals surface area contributed by atoms with Crippen LogP contribution in [0.5, 0.6) is 0 Å². The summed E-state index contributed by atoms with van der Waals surface area (Å²) >= 11 is 0. The second kappa shape index (κ2) is 4.55. The normalized spacial score (nSPS) is 36.4. The van der Waals surface area contributed by atoms with Crippen LogP contribution in [0, 0.1) is 17.8 Å². The Morgan fingerprint density at radius 3 is 2.65 bits per heavy atom. The van der Waals surface area contributed by atoms with Gasteiger partial charge in [0.2, 0.25) is 5.91 Å². The number of nitrogens with one attached hydrogen (secondary N) is 1. The molecule has 4 rings (SSSR count). The first-order chi connectivity index (χ1) is 9.75. The van der Waals surface area contributed by atoms with E-state index in [-0.39, 0.29) is 5.92 Å². The summed E-state index contributed by atoms with van der Waals surface area (Å²) in [6.07, 6.45) is 5.58. The monoisotopic (exact) mass is 275 g/mol. The summed E-state index contributed by atoms with van der Waals surface area (Å²) < 4.78 is 1.75. The lowest BCUT2D eigenvalue weighted by Crippen LogP contribution is -2.43. The van der Waals surface area contributed by atoms with Crippen LogP contribution in [0.3, 0.4) is 0 Å². The zero-order chi connectivity index (χ0) is 13.7. The topological polar surface area (TPSA) is 63.1 Å². The van der Waals surface area contributed by atoms with Crippen molar-refractivity contribution in [3.8, 4) is 0 Å². The van der Waals surface area contributed by atoms with Crippen molar-refractivity contribution in [1.82, 2.24) is 25.0 Å². The van der Waals surface area contributed by atoms with Crippen LogP contribution in [-0.4, -0.2) is 50.7 Å². The first kappa shape index (κ1) is 12.3. The van der Waals surface area contributed by atoms with Gasteiger partial charge in [-0.05, 0) is 24.7 Å². The highest BCUT2D eigenvalue weighted by Gasteiger charge is 2.56. The van der Waals surface area contributed by atoms with Gasteiger partial charge in [0.05, 0.1) is 12.5 Å². The molecule has 20 heavy (non-hydrogen) atoms. The molecule has 3 fully saturated rings. The van der Waals surface area contributed by atoms with Crippen LogP contribution in [-0.2, 0) is 11.3 Å². The number of aromatic nitrogens is 3. The predicted octanol–water partition coefficient (Wildman–Crippen LogP) is 0.123. The molecule has 0 aromatic carbocycles. The smallest absolute Gasteiger partial charge is 0.227 e. The number of fused-ring (bicyclic) bond motifs is 5. The number of carbonyl (C=O) groups excluding carboxylic acids is 1. The van der Waals surface area contributed by atoms with E-state index in [1.54, 1.807) is 11.0 Å². The minimum atomic E-state index is -0.0217. The van der Waals surface area contributed by atoms with Gasteiger partial charge in [-0.2, -0.15) is 5.10 Å². The number of nitrogens with zero attached hydrogens (tertiary/aromatic N) is 4. The van der Waals surface area contributed by atoms with E-state index in [1.807, 2.05) is 6.92 Å². The van der Waals surface area contributed by atoms with E-state index < -0.39 is 0 Å². The van der Waals surface area contributed by atoms with Gasteiger partial charge in [-0.1, -0.05) is 6.92 Å². The zero-order valence-electron chi connectivity index (χ0n) is 11.8. The molecular formula is C14H21N5O. The van der Waals surface area contributed by atoms with Crippen LogP contribution in [0.25, 0.3) is 0 Å². The maximum atomic E-state index is 12.8. The Bertz CT molecular complexity index is 484. The van der Waals surface area contributed by atoms with E-state index in [0.29, 0.717) is 36.4 Å². The quantitative estimate of drug-likeness (QED) is 0.851. The molecule has 4 heterocycles. The second-order valence-electron chi connectivity index (χ2n) is 6.46. The van der Waals surface area contributed by atoms with Gasteiger partial charge in [-0.3, -0.25) is 9.48 Å². The Labute approximate surface area is 118 Å². The second-order valence-corrected chi connectivity index (χ2v) is 6.46. The maximum Gasteiger partial charge on any atom is 0.227 e. The molecular weight excluding hydrogens is 254 g/mol. The molecule has 1 aromatic heterocycles. The van der Waals surface area contributed by atoms with E-state index in [2.05, 4.69) is 20.3 Å². The van der Waals surface area contributed by atoms with E-state index in [1.165, 1.54) is 19.2 Å². The fourth-order valence-corrected chi connectivity index (χ4v) is 4.54. The van der Waals surface area contributed by atoms with Crippen molar-refractivity contribution in [1.29, 1.82) is 0 Å². The van der Waals surface area contributed by atoms with Gasteiger partial charge >= 0.3 is 0 Å². The average Bonchev–Trinajstić information content (AvgIpc) is 3.19. The third-order valence-corrected chi connectivity index (χ3v) is 5.37. The molecule has 0 saturated carbocycles. The van der Waals surface area contributed by atoms with Crippen LogP contribution < -0.4 is 5.32 Å².